The first-order chi connectivity index (χ1) is 8.74. The molecule has 2 aromatic heterocycles. The number of aliphatic hydroxyl groups is 1. The molecule has 0 aliphatic carbocycles. The standard InChI is InChI=1S/C12H18N4OS/c1-2-8(3-5-17)7-14-10-9-4-6-18-11(9)16-12(13)15-10/h4,6,8,17H,2-3,5,7H2,1H3,(H3,13,14,15,16). The summed E-state index contributed by atoms with van der Waals surface area (Å²) in [7, 11) is 0. The Hall–Kier alpha value is -1.40. The number of thiophene rings is 1. The Balaban J connectivity index is 2.13. The molecule has 0 radical (unpaired) electrons. The maximum absolute atomic E-state index is 8.98. The summed E-state index contributed by atoms with van der Waals surface area (Å²) in [5.74, 6) is 1.53. The third-order valence-corrected chi connectivity index (χ3v) is 3.82. The molecule has 0 aromatic carbocycles. The summed E-state index contributed by atoms with van der Waals surface area (Å²) in [5, 5.41) is 15.3. The molecule has 0 fully saturated rings. The Morgan fingerprint density at radius 3 is 3.06 bits per heavy atom. The van der Waals surface area contributed by atoms with E-state index in [0.29, 0.717) is 11.9 Å². The van der Waals surface area contributed by atoms with Gasteiger partial charge < -0.3 is 16.2 Å². The number of nitrogens with zero attached hydrogens (tertiary/aromatic N) is 2. The lowest BCUT2D eigenvalue weighted by atomic mass is 10.0. The lowest BCUT2D eigenvalue weighted by molar-refractivity contribution is 0.258. The van der Waals surface area contributed by atoms with Gasteiger partial charge in [0.2, 0.25) is 5.95 Å². The highest BCUT2D eigenvalue weighted by atomic mass is 32.1. The molecule has 1 unspecified atom stereocenters. The Morgan fingerprint density at radius 1 is 1.50 bits per heavy atom. The second-order valence-electron chi connectivity index (χ2n) is 4.24. The zero-order chi connectivity index (χ0) is 13.0. The summed E-state index contributed by atoms with van der Waals surface area (Å²) < 4.78 is 0. The first-order valence-corrected chi connectivity index (χ1v) is 6.98. The van der Waals surface area contributed by atoms with Crippen molar-refractivity contribution in [2.45, 2.75) is 19.8 Å². The number of rotatable bonds is 6. The van der Waals surface area contributed by atoms with E-state index in [9.17, 15) is 0 Å². The van der Waals surface area contributed by atoms with Crippen molar-refractivity contribution in [2.24, 2.45) is 5.92 Å². The van der Waals surface area contributed by atoms with E-state index in [4.69, 9.17) is 10.8 Å². The fourth-order valence-corrected chi connectivity index (χ4v) is 2.65. The molecule has 0 bridgehead atoms. The van der Waals surface area contributed by atoms with Crippen LogP contribution < -0.4 is 11.1 Å². The summed E-state index contributed by atoms with van der Waals surface area (Å²) >= 11 is 1.55. The first kappa shape index (κ1) is 13.0. The topological polar surface area (TPSA) is 84.1 Å². The Kier molecular flexibility index (Phi) is 4.33. The van der Waals surface area contributed by atoms with Crippen LogP contribution in [0.1, 0.15) is 19.8 Å². The molecule has 2 rings (SSSR count). The van der Waals surface area contributed by atoms with Crippen LogP contribution in [0.3, 0.4) is 0 Å². The van der Waals surface area contributed by atoms with Gasteiger partial charge in [0.05, 0.1) is 5.39 Å². The molecule has 4 N–H and O–H groups in total. The number of nitrogen functional groups attached to an aromatic ring is 1. The average molecular weight is 266 g/mol. The highest BCUT2D eigenvalue weighted by molar-refractivity contribution is 7.16. The molecule has 0 amide bonds. The van der Waals surface area contributed by atoms with E-state index >= 15 is 0 Å². The van der Waals surface area contributed by atoms with Gasteiger partial charge in [-0.05, 0) is 23.8 Å². The molecule has 0 saturated heterocycles. The molecule has 98 valence electrons. The predicted molar refractivity (Wildman–Crippen MR) is 75.8 cm³/mol. The molecule has 2 heterocycles. The lowest BCUT2D eigenvalue weighted by Gasteiger charge is -2.15. The van der Waals surface area contributed by atoms with Gasteiger partial charge in [-0.15, -0.1) is 11.3 Å². The second-order valence-corrected chi connectivity index (χ2v) is 5.13. The maximum Gasteiger partial charge on any atom is 0.223 e. The summed E-state index contributed by atoms with van der Waals surface area (Å²) in [6.07, 6.45) is 1.83. The minimum absolute atomic E-state index is 0.222. The van der Waals surface area contributed by atoms with Crippen molar-refractivity contribution in [3.8, 4) is 0 Å². The summed E-state index contributed by atoms with van der Waals surface area (Å²) in [6.45, 7) is 3.13. The van der Waals surface area contributed by atoms with E-state index in [1.807, 2.05) is 11.4 Å². The maximum atomic E-state index is 8.98. The number of anilines is 2. The van der Waals surface area contributed by atoms with E-state index in [1.165, 1.54) is 0 Å². The van der Waals surface area contributed by atoms with Crippen LogP contribution in [0, 0.1) is 5.92 Å². The van der Waals surface area contributed by atoms with E-state index in [1.54, 1.807) is 11.3 Å². The van der Waals surface area contributed by atoms with Crippen molar-refractivity contribution >= 4 is 33.3 Å². The number of aromatic nitrogens is 2. The Bertz CT molecular complexity index is 514. The van der Waals surface area contributed by atoms with E-state index in [0.717, 1.165) is 35.4 Å². The van der Waals surface area contributed by atoms with Crippen molar-refractivity contribution in [1.82, 2.24) is 9.97 Å². The SMILES string of the molecule is CCC(CCO)CNc1nc(N)nc2sccc12. The normalized spacial score (nSPS) is 12.8. The molecule has 0 aliphatic rings. The Labute approximate surface area is 110 Å². The summed E-state index contributed by atoms with van der Waals surface area (Å²) in [5.41, 5.74) is 5.69. The van der Waals surface area contributed by atoms with E-state index < -0.39 is 0 Å². The van der Waals surface area contributed by atoms with E-state index in [2.05, 4.69) is 22.2 Å². The molecule has 18 heavy (non-hydrogen) atoms. The van der Waals surface area contributed by atoms with Crippen molar-refractivity contribution in [2.75, 3.05) is 24.2 Å². The molecule has 0 aliphatic heterocycles. The third-order valence-electron chi connectivity index (χ3n) is 3.02. The van der Waals surface area contributed by atoms with Crippen LogP contribution in [0.4, 0.5) is 11.8 Å². The van der Waals surface area contributed by atoms with Gasteiger partial charge >= 0.3 is 0 Å². The van der Waals surface area contributed by atoms with Crippen LogP contribution in [-0.4, -0.2) is 28.2 Å². The van der Waals surface area contributed by atoms with Gasteiger partial charge in [0.15, 0.2) is 0 Å². The fourth-order valence-electron chi connectivity index (χ4n) is 1.88. The monoisotopic (exact) mass is 266 g/mol. The lowest BCUT2D eigenvalue weighted by Crippen LogP contribution is -2.16. The molecular formula is C12H18N4OS. The van der Waals surface area contributed by atoms with Gasteiger partial charge in [0.1, 0.15) is 10.6 Å². The van der Waals surface area contributed by atoms with Crippen molar-refractivity contribution in [1.29, 1.82) is 0 Å². The zero-order valence-corrected chi connectivity index (χ0v) is 11.2. The van der Waals surface area contributed by atoms with Gasteiger partial charge in [-0.2, -0.15) is 4.98 Å². The van der Waals surface area contributed by atoms with Gasteiger partial charge in [0.25, 0.3) is 0 Å². The molecule has 6 heteroatoms. The molecular weight excluding hydrogens is 248 g/mol. The largest absolute Gasteiger partial charge is 0.396 e. The molecule has 0 spiro atoms. The smallest absolute Gasteiger partial charge is 0.223 e. The minimum Gasteiger partial charge on any atom is -0.396 e. The van der Waals surface area contributed by atoms with Crippen molar-refractivity contribution in [3.63, 3.8) is 0 Å². The van der Waals surface area contributed by atoms with Gasteiger partial charge in [0, 0.05) is 13.2 Å². The number of nitrogens with two attached hydrogens (primary N) is 1. The molecule has 2 aromatic rings. The van der Waals surface area contributed by atoms with E-state index in [-0.39, 0.29) is 6.61 Å². The van der Waals surface area contributed by atoms with Crippen LogP contribution >= 0.6 is 11.3 Å². The van der Waals surface area contributed by atoms with Crippen LogP contribution in [0.25, 0.3) is 10.2 Å². The molecule has 1 atom stereocenters. The molecule has 0 saturated carbocycles. The quantitative estimate of drug-likeness (QED) is 0.745. The number of hydrogen-bond acceptors (Lipinski definition) is 6. The number of nitrogens with one attached hydrogen (secondary N) is 1. The summed E-state index contributed by atoms with van der Waals surface area (Å²) in [6, 6.07) is 1.99. The Morgan fingerprint density at radius 2 is 2.33 bits per heavy atom. The van der Waals surface area contributed by atoms with Gasteiger partial charge in [-0.1, -0.05) is 13.3 Å². The van der Waals surface area contributed by atoms with Crippen LogP contribution in [-0.2, 0) is 0 Å². The van der Waals surface area contributed by atoms with Gasteiger partial charge in [-0.3, -0.25) is 0 Å². The van der Waals surface area contributed by atoms with Crippen LogP contribution in [0.15, 0.2) is 11.4 Å². The second kappa shape index (κ2) is 5.97. The predicted octanol–water partition coefficient (Wildman–Crippen LogP) is 2.09. The highest BCUT2D eigenvalue weighted by Crippen LogP contribution is 2.26. The van der Waals surface area contributed by atoms with Crippen molar-refractivity contribution in [3.05, 3.63) is 11.4 Å². The highest BCUT2D eigenvalue weighted by Gasteiger charge is 2.10. The van der Waals surface area contributed by atoms with Crippen molar-refractivity contribution < 1.29 is 5.11 Å². The number of aliphatic hydroxyl groups excluding tert-OH is 1. The fraction of sp³-hybridized carbons (Fsp3) is 0.500. The molecule has 5 nitrogen and oxygen atoms in total. The number of fused-ring (bicyclic) bond motifs is 1. The summed E-state index contributed by atoms with van der Waals surface area (Å²) in [4.78, 5) is 9.33. The third kappa shape index (κ3) is 2.88. The van der Waals surface area contributed by atoms with Gasteiger partial charge in [-0.25, -0.2) is 4.98 Å². The first-order valence-electron chi connectivity index (χ1n) is 6.10. The van der Waals surface area contributed by atoms with Crippen LogP contribution in [0.5, 0.6) is 0 Å². The zero-order valence-electron chi connectivity index (χ0n) is 10.4. The van der Waals surface area contributed by atoms with Crippen LogP contribution in [0.2, 0.25) is 0 Å². The number of hydrogen-bond donors (Lipinski definition) is 3. The minimum atomic E-state index is 0.222. The average Bonchev–Trinajstić information content (AvgIpc) is 2.82.